The van der Waals surface area contributed by atoms with Gasteiger partial charge in [0, 0.05) is 35.3 Å². The van der Waals surface area contributed by atoms with E-state index < -0.39 is 17.8 Å². The summed E-state index contributed by atoms with van der Waals surface area (Å²) >= 11 is 6.00. The Hall–Kier alpha value is -2.64. The van der Waals surface area contributed by atoms with Crippen molar-refractivity contribution in [2.75, 3.05) is 13.7 Å². The number of esters is 1. The molecule has 1 amide bonds. The summed E-state index contributed by atoms with van der Waals surface area (Å²) in [6.07, 6.45) is 0.362. The molecule has 6 nitrogen and oxygen atoms in total. The number of carbonyl (C=O) groups excluding carboxylic acids is 2. The fourth-order valence-corrected chi connectivity index (χ4v) is 3.53. The first kappa shape index (κ1) is 20.1. The van der Waals surface area contributed by atoms with E-state index in [1.807, 2.05) is 4.90 Å². The van der Waals surface area contributed by atoms with Crippen LogP contribution in [0.15, 0.2) is 42.5 Å². The molecule has 3 rings (SSSR count). The molecule has 0 spiro atoms. The van der Waals surface area contributed by atoms with Crippen molar-refractivity contribution in [3.05, 3.63) is 64.4 Å². The van der Waals surface area contributed by atoms with E-state index in [1.54, 1.807) is 12.1 Å². The maximum absolute atomic E-state index is 13.0. The lowest BCUT2D eigenvalue weighted by Gasteiger charge is -2.22. The van der Waals surface area contributed by atoms with Crippen LogP contribution in [0.25, 0.3) is 0 Å². The van der Waals surface area contributed by atoms with E-state index in [4.69, 9.17) is 16.3 Å². The van der Waals surface area contributed by atoms with Gasteiger partial charge in [0.15, 0.2) is 0 Å². The number of rotatable bonds is 5. The van der Waals surface area contributed by atoms with Gasteiger partial charge in [0.2, 0.25) is 0 Å². The zero-order chi connectivity index (χ0) is 20.3. The number of carbonyl (C=O) groups is 2. The molecule has 1 fully saturated rings. The number of phenols is 1. The summed E-state index contributed by atoms with van der Waals surface area (Å²) in [4.78, 5) is 26.4. The number of nitrogens with one attached hydrogen (secondary N) is 1. The average Bonchev–Trinajstić information content (AvgIpc) is 3.06. The Kier molecular flexibility index (Phi) is 6.16. The summed E-state index contributed by atoms with van der Waals surface area (Å²) in [7, 11) is 1.31. The van der Waals surface area contributed by atoms with Crippen LogP contribution in [0.3, 0.4) is 0 Å². The van der Waals surface area contributed by atoms with E-state index in [-0.39, 0.29) is 24.2 Å². The number of halogens is 2. The van der Waals surface area contributed by atoms with Crippen LogP contribution < -0.4 is 5.32 Å². The lowest BCUT2D eigenvalue weighted by Crippen LogP contribution is -2.37. The molecule has 1 aliphatic rings. The molecular formula is C20H20ClFN2O4. The minimum atomic E-state index is -0.568. The van der Waals surface area contributed by atoms with Crippen molar-refractivity contribution in [3.8, 4) is 5.75 Å². The minimum absolute atomic E-state index is 0.0758. The number of likely N-dealkylation sites (tertiary alicyclic amines) is 1. The van der Waals surface area contributed by atoms with Crippen LogP contribution in [-0.2, 0) is 16.1 Å². The van der Waals surface area contributed by atoms with E-state index in [2.05, 4.69) is 5.32 Å². The van der Waals surface area contributed by atoms with Crippen molar-refractivity contribution < 1.29 is 23.8 Å². The molecule has 28 heavy (non-hydrogen) atoms. The first-order valence-corrected chi connectivity index (χ1v) is 9.11. The van der Waals surface area contributed by atoms with Crippen LogP contribution in [-0.4, -0.2) is 47.6 Å². The number of benzene rings is 2. The highest BCUT2D eigenvalue weighted by Gasteiger charge is 2.38. The summed E-state index contributed by atoms with van der Waals surface area (Å²) in [6, 6.07) is 9.07. The molecule has 2 atom stereocenters. The quantitative estimate of drug-likeness (QED) is 0.746. The Balaban J connectivity index is 1.73. The Morgan fingerprint density at radius 2 is 2.00 bits per heavy atom. The average molecular weight is 407 g/mol. The zero-order valence-electron chi connectivity index (χ0n) is 15.2. The number of amides is 1. The van der Waals surface area contributed by atoms with Gasteiger partial charge in [0.1, 0.15) is 17.6 Å². The molecular weight excluding hydrogens is 387 g/mol. The Bertz CT molecular complexity index is 875. The van der Waals surface area contributed by atoms with Crippen LogP contribution in [0, 0.1) is 5.82 Å². The highest BCUT2D eigenvalue weighted by atomic mass is 35.5. The van der Waals surface area contributed by atoms with Crippen LogP contribution >= 0.6 is 11.6 Å². The van der Waals surface area contributed by atoms with Crippen LogP contribution in [0.5, 0.6) is 5.75 Å². The Labute approximate surface area is 166 Å². The third kappa shape index (κ3) is 4.61. The molecule has 0 bridgehead atoms. The second-order valence-electron chi connectivity index (χ2n) is 6.65. The van der Waals surface area contributed by atoms with Crippen molar-refractivity contribution in [3.63, 3.8) is 0 Å². The van der Waals surface area contributed by atoms with Gasteiger partial charge in [-0.05, 0) is 48.9 Å². The maximum Gasteiger partial charge on any atom is 0.323 e. The number of nitrogens with zero attached hydrogens (tertiary/aromatic N) is 1. The Morgan fingerprint density at radius 3 is 2.68 bits per heavy atom. The SMILES string of the molecule is COC(=O)[C@@H]1C[C@H](NC(=O)c2ccc(F)cc2)CN1Cc1cc(Cl)ccc1O. The van der Waals surface area contributed by atoms with Gasteiger partial charge in [0.05, 0.1) is 7.11 Å². The molecule has 8 heteroatoms. The van der Waals surface area contributed by atoms with Gasteiger partial charge in [-0.25, -0.2) is 4.39 Å². The van der Waals surface area contributed by atoms with E-state index in [0.29, 0.717) is 29.1 Å². The second kappa shape index (κ2) is 8.58. The standard InChI is InChI=1S/C20H20ClFN2O4/c1-28-20(27)17-9-16(23-19(26)12-2-5-15(22)6-3-12)11-24(17)10-13-8-14(21)4-7-18(13)25/h2-8,16-17,25H,9-11H2,1H3,(H,23,26)/t16-,17-/m0/s1. The highest BCUT2D eigenvalue weighted by molar-refractivity contribution is 6.30. The molecule has 0 radical (unpaired) electrons. The van der Waals surface area contributed by atoms with E-state index in [1.165, 1.54) is 37.4 Å². The molecule has 1 heterocycles. The van der Waals surface area contributed by atoms with Crippen molar-refractivity contribution >= 4 is 23.5 Å². The maximum atomic E-state index is 13.0. The predicted molar refractivity (Wildman–Crippen MR) is 102 cm³/mol. The van der Waals surface area contributed by atoms with Gasteiger partial charge in [-0.3, -0.25) is 14.5 Å². The van der Waals surface area contributed by atoms with Gasteiger partial charge in [0.25, 0.3) is 5.91 Å². The lowest BCUT2D eigenvalue weighted by molar-refractivity contribution is -0.146. The topological polar surface area (TPSA) is 78.9 Å². The van der Waals surface area contributed by atoms with Crippen molar-refractivity contribution in [2.24, 2.45) is 0 Å². The minimum Gasteiger partial charge on any atom is -0.508 e. The zero-order valence-corrected chi connectivity index (χ0v) is 15.9. The van der Waals surface area contributed by atoms with Crippen molar-refractivity contribution in [1.82, 2.24) is 10.2 Å². The molecule has 1 aliphatic heterocycles. The van der Waals surface area contributed by atoms with Crippen LogP contribution in [0.4, 0.5) is 4.39 Å². The molecule has 148 valence electrons. The number of aromatic hydroxyl groups is 1. The van der Waals surface area contributed by atoms with E-state index >= 15 is 0 Å². The number of hydrogen-bond donors (Lipinski definition) is 2. The summed E-state index contributed by atoms with van der Waals surface area (Å²) in [5.74, 6) is -1.11. The molecule has 2 aromatic rings. The lowest BCUT2D eigenvalue weighted by atomic mass is 10.1. The van der Waals surface area contributed by atoms with E-state index in [0.717, 1.165) is 0 Å². The van der Waals surface area contributed by atoms with E-state index in [9.17, 15) is 19.1 Å². The summed E-state index contributed by atoms with van der Waals surface area (Å²) in [6.45, 7) is 0.660. The van der Waals surface area contributed by atoms with Crippen LogP contribution in [0.2, 0.25) is 5.02 Å². The number of ether oxygens (including phenoxy) is 1. The molecule has 0 unspecified atom stereocenters. The molecule has 2 N–H and O–H groups in total. The molecule has 0 saturated carbocycles. The molecule has 1 saturated heterocycles. The fourth-order valence-electron chi connectivity index (χ4n) is 3.33. The molecule has 2 aromatic carbocycles. The monoisotopic (exact) mass is 406 g/mol. The third-order valence-electron chi connectivity index (χ3n) is 4.73. The number of hydrogen-bond acceptors (Lipinski definition) is 5. The number of phenolic OH excluding ortho intramolecular Hbond substituents is 1. The van der Waals surface area contributed by atoms with Gasteiger partial charge >= 0.3 is 5.97 Å². The fraction of sp³-hybridized carbons (Fsp3) is 0.300. The largest absolute Gasteiger partial charge is 0.508 e. The van der Waals surface area contributed by atoms with Gasteiger partial charge in [-0.1, -0.05) is 11.6 Å². The predicted octanol–water partition coefficient (Wildman–Crippen LogP) is 2.73. The highest BCUT2D eigenvalue weighted by Crippen LogP contribution is 2.27. The second-order valence-corrected chi connectivity index (χ2v) is 7.09. The van der Waals surface area contributed by atoms with Crippen molar-refractivity contribution in [2.45, 2.75) is 25.0 Å². The van der Waals surface area contributed by atoms with Gasteiger partial charge < -0.3 is 15.2 Å². The first-order valence-electron chi connectivity index (χ1n) is 8.73. The van der Waals surface area contributed by atoms with Crippen molar-refractivity contribution in [1.29, 1.82) is 0 Å². The third-order valence-corrected chi connectivity index (χ3v) is 4.97. The summed E-state index contributed by atoms with van der Waals surface area (Å²) < 4.78 is 17.9. The van der Waals surface area contributed by atoms with Gasteiger partial charge in [-0.2, -0.15) is 0 Å². The van der Waals surface area contributed by atoms with Crippen LogP contribution in [0.1, 0.15) is 22.3 Å². The van der Waals surface area contributed by atoms with Gasteiger partial charge in [-0.15, -0.1) is 0 Å². The summed E-state index contributed by atoms with van der Waals surface area (Å²) in [5, 5.41) is 13.4. The first-order chi connectivity index (χ1) is 13.4. The number of methoxy groups -OCH3 is 1. The molecule has 0 aliphatic carbocycles. The Morgan fingerprint density at radius 1 is 1.29 bits per heavy atom. The summed E-state index contributed by atoms with van der Waals surface area (Å²) in [5.41, 5.74) is 0.911. The smallest absolute Gasteiger partial charge is 0.323 e. The normalized spacial score (nSPS) is 19.4. The molecule has 0 aromatic heterocycles.